The maximum absolute atomic E-state index is 13.4. The van der Waals surface area contributed by atoms with Gasteiger partial charge in [-0.3, -0.25) is 9.69 Å². The number of amides is 3. The summed E-state index contributed by atoms with van der Waals surface area (Å²) in [4.78, 5) is 24.0. The Labute approximate surface area is 108 Å². The van der Waals surface area contributed by atoms with E-state index in [4.69, 9.17) is 11.6 Å². The molecule has 5 nitrogen and oxygen atoms in total. The molecule has 0 saturated carbocycles. The number of halogens is 2. The Morgan fingerprint density at radius 2 is 2.33 bits per heavy atom. The van der Waals surface area contributed by atoms with Gasteiger partial charge in [0.25, 0.3) is 0 Å². The van der Waals surface area contributed by atoms with E-state index in [0.717, 1.165) is 11.0 Å². The topological polar surface area (TPSA) is 61.4 Å². The summed E-state index contributed by atoms with van der Waals surface area (Å²) in [5.74, 6) is -0.944. The van der Waals surface area contributed by atoms with Crippen LogP contribution in [0.3, 0.4) is 0 Å². The van der Waals surface area contributed by atoms with Crippen molar-refractivity contribution >= 4 is 29.2 Å². The van der Waals surface area contributed by atoms with Crippen LogP contribution in [0.15, 0.2) is 18.2 Å². The van der Waals surface area contributed by atoms with Gasteiger partial charge < -0.3 is 10.6 Å². The van der Waals surface area contributed by atoms with Gasteiger partial charge in [-0.15, -0.1) is 0 Å². The third kappa shape index (κ3) is 2.70. The first kappa shape index (κ1) is 12.6. The van der Waals surface area contributed by atoms with E-state index < -0.39 is 17.8 Å². The lowest BCUT2D eigenvalue weighted by Gasteiger charge is -2.13. The highest BCUT2D eigenvalue weighted by atomic mass is 35.5. The number of hydrogen-bond donors (Lipinski definition) is 2. The highest BCUT2D eigenvalue weighted by Gasteiger charge is 2.25. The van der Waals surface area contributed by atoms with E-state index in [1.54, 1.807) is 0 Å². The zero-order valence-corrected chi connectivity index (χ0v) is 10.1. The van der Waals surface area contributed by atoms with Crippen LogP contribution in [-0.2, 0) is 4.79 Å². The number of rotatable bonds is 3. The second-order valence-corrected chi connectivity index (χ2v) is 4.19. The van der Waals surface area contributed by atoms with Crippen LogP contribution in [0.4, 0.5) is 14.9 Å². The van der Waals surface area contributed by atoms with Crippen molar-refractivity contribution in [1.29, 1.82) is 0 Å². The molecule has 3 amide bonds. The fourth-order valence-corrected chi connectivity index (χ4v) is 1.77. The summed E-state index contributed by atoms with van der Waals surface area (Å²) in [5.41, 5.74) is 0.173. The molecule has 7 heteroatoms. The molecule has 2 N–H and O–H groups in total. The fraction of sp³-hybridized carbons (Fsp3) is 0.273. The van der Waals surface area contributed by atoms with Gasteiger partial charge in [0.15, 0.2) is 0 Å². The summed E-state index contributed by atoms with van der Waals surface area (Å²) < 4.78 is 13.4. The molecule has 0 unspecified atom stereocenters. The molecule has 1 aromatic carbocycles. The molecule has 0 aromatic heterocycles. The molecule has 1 aromatic rings. The number of hydrogen-bond acceptors (Lipinski definition) is 3. The first-order chi connectivity index (χ1) is 8.58. The van der Waals surface area contributed by atoms with Gasteiger partial charge >= 0.3 is 6.03 Å². The third-order valence-corrected chi connectivity index (χ3v) is 2.75. The molecule has 1 fully saturated rings. The van der Waals surface area contributed by atoms with Gasteiger partial charge in [-0.1, -0.05) is 11.6 Å². The second-order valence-electron chi connectivity index (χ2n) is 3.76. The maximum Gasteiger partial charge on any atom is 0.324 e. The Morgan fingerprint density at radius 3 is 2.94 bits per heavy atom. The smallest absolute Gasteiger partial charge is 0.324 e. The Kier molecular flexibility index (Phi) is 3.66. The van der Waals surface area contributed by atoms with E-state index in [0.29, 0.717) is 13.1 Å². The molecule has 1 aliphatic heterocycles. The average molecular weight is 272 g/mol. The monoisotopic (exact) mass is 271 g/mol. The van der Waals surface area contributed by atoms with E-state index in [1.807, 2.05) is 0 Å². The second kappa shape index (κ2) is 5.22. The molecule has 0 bridgehead atoms. The van der Waals surface area contributed by atoms with Crippen molar-refractivity contribution in [3.05, 3.63) is 29.0 Å². The minimum absolute atomic E-state index is 0.147. The first-order valence-electron chi connectivity index (χ1n) is 5.35. The standard InChI is InChI=1S/C11H11ClFN3O2/c12-7-1-2-9(8(13)5-7)15-6-10(17)16-4-3-14-11(16)18/h1-2,5,15H,3-4,6H2,(H,14,18). The molecule has 0 atom stereocenters. The van der Waals surface area contributed by atoms with Gasteiger partial charge in [-0.25, -0.2) is 9.18 Å². The number of benzene rings is 1. The summed E-state index contributed by atoms with van der Waals surface area (Å²) >= 11 is 5.61. The molecule has 1 heterocycles. The number of anilines is 1. The minimum Gasteiger partial charge on any atom is -0.374 e. The predicted octanol–water partition coefficient (Wildman–Crippen LogP) is 1.44. The lowest BCUT2D eigenvalue weighted by atomic mass is 10.3. The van der Waals surface area contributed by atoms with Crippen molar-refractivity contribution in [2.24, 2.45) is 0 Å². The lowest BCUT2D eigenvalue weighted by molar-refractivity contribution is -0.125. The van der Waals surface area contributed by atoms with E-state index in [9.17, 15) is 14.0 Å². The summed E-state index contributed by atoms with van der Waals surface area (Å²) in [6.07, 6.45) is 0. The van der Waals surface area contributed by atoms with Crippen molar-refractivity contribution in [2.45, 2.75) is 0 Å². The molecular formula is C11H11ClFN3O2. The van der Waals surface area contributed by atoms with Gasteiger partial charge in [0.1, 0.15) is 5.82 Å². The summed E-state index contributed by atoms with van der Waals surface area (Å²) in [6, 6.07) is 3.68. The largest absolute Gasteiger partial charge is 0.374 e. The van der Waals surface area contributed by atoms with E-state index >= 15 is 0 Å². The van der Waals surface area contributed by atoms with Crippen LogP contribution < -0.4 is 10.6 Å². The highest BCUT2D eigenvalue weighted by molar-refractivity contribution is 6.30. The summed E-state index contributed by atoms with van der Waals surface area (Å²) in [6.45, 7) is 0.633. The maximum atomic E-state index is 13.4. The van der Waals surface area contributed by atoms with Gasteiger partial charge in [0, 0.05) is 18.1 Å². The van der Waals surface area contributed by atoms with Crippen LogP contribution in [-0.4, -0.2) is 36.5 Å². The van der Waals surface area contributed by atoms with Crippen LogP contribution in [0.1, 0.15) is 0 Å². The number of nitrogens with one attached hydrogen (secondary N) is 2. The van der Waals surface area contributed by atoms with Gasteiger partial charge in [0.05, 0.1) is 12.2 Å². The number of urea groups is 1. The molecule has 0 aliphatic carbocycles. The van der Waals surface area contributed by atoms with Crippen LogP contribution >= 0.6 is 11.6 Å². The molecular weight excluding hydrogens is 261 g/mol. The lowest BCUT2D eigenvalue weighted by Crippen LogP contribution is -2.38. The van der Waals surface area contributed by atoms with Crippen LogP contribution in [0.5, 0.6) is 0 Å². The number of carbonyl (C=O) groups excluding carboxylic acids is 2. The SMILES string of the molecule is O=C(CNc1ccc(Cl)cc1F)N1CCNC1=O. The van der Waals surface area contributed by atoms with Crippen LogP contribution in [0, 0.1) is 5.82 Å². The third-order valence-electron chi connectivity index (χ3n) is 2.52. The zero-order chi connectivity index (χ0) is 13.1. The van der Waals surface area contributed by atoms with Crippen molar-refractivity contribution in [1.82, 2.24) is 10.2 Å². The van der Waals surface area contributed by atoms with Crippen LogP contribution in [0.25, 0.3) is 0 Å². The number of carbonyl (C=O) groups is 2. The van der Waals surface area contributed by atoms with Crippen LogP contribution in [0.2, 0.25) is 5.02 Å². The van der Waals surface area contributed by atoms with E-state index in [-0.39, 0.29) is 17.3 Å². The molecule has 18 heavy (non-hydrogen) atoms. The quantitative estimate of drug-likeness (QED) is 0.875. The Hall–Kier alpha value is -1.82. The number of imide groups is 1. The first-order valence-corrected chi connectivity index (χ1v) is 5.73. The van der Waals surface area contributed by atoms with Gasteiger partial charge in [-0.05, 0) is 18.2 Å². The molecule has 0 spiro atoms. The molecule has 2 rings (SSSR count). The Morgan fingerprint density at radius 1 is 1.56 bits per heavy atom. The predicted molar refractivity (Wildman–Crippen MR) is 65.0 cm³/mol. The van der Waals surface area contributed by atoms with E-state index in [2.05, 4.69) is 10.6 Å². The summed E-state index contributed by atoms with van der Waals surface area (Å²) in [7, 11) is 0. The molecule has 0 radical (unpaired) electrons. The van der Waals surface area contributed by atoms with Crippen molar-refractivity contribution in [2.75, 3.05) is 25.0 Å². The Bertz CT molecular complexity index is 495. The molecule has 1 saturated heterocycles. The van der Waals surface area contributed by atoms with Crippen molar-refractivity contribution in [3.8, 4) is 0 Å². The van der Waals surface area contributed by atoms with Gasteiger partial charge in [-0.2, -0.15) is 0 Å². The Balaban J connectivity index is 1.95. The summed E-state index contributed by atoms with van der Waals surface area (Å²) in [5, 5.41) is 5.43. The van der Waals surface area contributed by atoms with Gasteiger partial charge in [0.2, 0.25) is 5.91 Å². The van der Waals surface area contributed by atoms with E-state index in [1.165, 1.54) is 12.1 Å². The molecule has 1 aliphatic rings. The van der Waals surface area contributed by atoms with Crippen molar-refractivity contribution < 1.29 is 14.0 Å². The fourth-order valence-electron chi connectivity index (χ4n) is 1.61. The average Bonchev–Trinajstić information content (AvgIpc) is 2.74. The molecule has 96 valence electrons. The highest BCUT2D eigenvalue weighted by Crippen LogP contribution is 2.18. The zero-order valence-electron chi connectivity index (χ0n) is 9.37. The minimum atomic E-state index is -0.541. The van der Waals surface area contributed by atoms with Crippen molar-refractivity contribution in [3.63, 3.8) is 0 Å². The normalized spacial score (nSPS) is 14.6. The number of nitrogens with zero attached hydrogens (tertiary/aromatic N) is 1.